The van der Waals surface area contributed by atoms with Crippen LogP contribution in [0.25, 0.3) is 33.3 Å². The predicted molar refractivity (Wildman–Crippen MR) is 136 cm³/mol. The van der Waals surface area contributed by atoms with Crippen LogP contribution in [-0.4, -0.2) is 53.7 Å². The van der Waals surface area contributed by atoms with Crippen LogP contribution in [0, 0.1) is 13.8 Å². The van der Waals surface area contributed by atoms with Gasteiger partial charge in [-0.05, 0) is 57.2 Å². The lowest BCUT2D eigenvalue weighted by atomic mass is 9.94. The lowest BCUT2D eigenvalue weighted by molar-refractivity contribution is -0.127. The van der Waals surface area contributed by atoms with Gasteiger partial charge in [0.15, 0.2) is 0 Å². The maximum absolute atomic E-state index is 12.1. The predicted octanol–water partition coefficient (Wildman–Crippen LogP) is 4.86. The number of fused-ring (bicyclic) bond motifs is 2. The summed E-state index contributed by atoms with van der Waals surface area (Å²) in [6, 6.07) is 2.24. The van der Waals surface area contributed by atoms with Crippen LogP contribution < -0.4 is 0 Å². The van der Waals surface area contributed by atoms with E-state index in [0.717, 1.165) is 81.8 Å². The molecule has 1 aromatic carbocycles. The molecule has 1 saturated heterocycles. The molecule has 35 heavy (non-hydrogen) atoms. The first kappa shape index (κ1) is 22.1. The smallest absolute Gasteiger partial charge is 0.245 e. The molecule has 8 nitrogen and oxygen atoms in total. The van der Waals surface area contributed by atoms with Crippen LogP contribution in [0.1, 0.15) is 42.3 Å². The third kappa shape index (κ3) is 3.42. The third-order valence-electron chi connectivity index (χ3n) is 7.55. The fourth-order valence-corrected chi connectivity index (χ4v) is 5.98. The fourth-order valence-electron chi connectivity index (χ4n) is 5.73. The number of hydrogen-bond acceptors (Lipinski definition) is 4. The summed E-state index contributed by atoms with van der Waals surface area (Å²) in [5, 5.41) is 19.0. The summed E-state index contributed by atoms with van der Waals surface area (Å²) < 4.78 is 4.25. The molecule has 0 atom stereocenters. The third-order valence-corrected chi connectivity index (χ3v) is 8.04. The van der Waals surface area contributed by atoms with Crippen molar-refractivity contribution in [1.82, 2.24) is 34.7 Å². The van der Waals surface area contributed by atoms with E-state index in [1.807, 2.05) is 30.3 Å². The maximum atomic E-state index is 12.1. The maximum Gasteiger partial charge on any atom is 0.245 e. The molecule has 6 rings (SSSR count). The van der Waals surface area contributed by atoms with E-state index < -0.39 is 0 Å². The fraction of sp³-hybridized carbons (Fsp3) is 0.385. The summed E-state index contributed by atoms with van der Waals surface area (Å²) in [5.74, 6) is -0.00800. The molecule has 0 spiro atoms. The normalized spacial score (nSPS) is 16.3. The van der Waals surface area contributed by atoms with Crippen molar-refractivity contribution in [2.45, 2.75) is 52.1 Å². The van der Waals surface area contributed by atoms with Gasteiger partial charge in [-0.1, -0.05) is 18.2 Å². The Morgan fingerprint density at radius 3 is 2.77 bits per heavy atom. The first-order chi connectivity index (χ1) is 17.0. The Labute approximate surface area is 208 Å². The second-order valence-electron chi connectivity index (χ2n) is 9.56. The highest BCUT2D eigenvalue weighted by molar-refractivity contribution is 6.36. The van der Waals surface area contributed by atoms with Gasteiger partial charge < -0.3 is 4.90 Å². The highest BCUT2D eigenvalue weighted by atomic mass is 35.5. The van der Waals surface area contributed by atoms with Crippen LogP contribution in [0.5, 0.6) is 0 Å². The zero-order valence-corrected chi connectivity index (χ0v) is 20.8. The molecule has 3 aromatic heterocycles. The second kappa shape index (κ2) is 8.37. The number of amides is 1. The average molecular weight is 490 g/mol. The molecule has 0 unspecified atom stereocenters. The van der Waals surface area contributed by atoms with Crippen molar-refractivity contribution in [2.75, 3.05) is 13.1 Å². The van der Waals surface area contributed by atoms with Gasteiger partial charge >= 0.3 is 0 Å². The summed E-state index contributed by atoms with van der Waals surface area (Å²) in [5.41, 5.74) is 8.25. The number of aryl methyl sites for hydroxylation is 2. The van der Waals surface area contributed by atoms with Crippen molar-refractivity contribution >= 4 is 28.4 Å². The van der Waals surface area contributed by atoms with Crippen molar-refractivity contribution in [3.8, 4) is 22.4 Å². The number of aromatic amines is 1. The van der Waals surface area contributed by atoms with Crippen LogP contribution in [0.15, 0.2) is 31.1 Å². The summed E-state index contributed by atoms with van der Waals surface area (Å²) in [6.45, 7) is 10.1. The topological polar surface area (TPSA) is 84.6 Å². The molecule has 9 heteroatoms. The number of nitrogens with zero attached hydrogens (tertiary/aromatic N) is 6. The minimum Gasteiger partial charge on any atom is -0.339 e. The SMILES string of the molecule is C=CC(=O)N1CCC(n2nc(-c3cnn4c3CCC4)c(-c3c(Cl)c(C)cc4[nH]ncc34)c2C)CC1. The van der Waals surface area contributed by atoms with Crippen LogP contribution in [0.4, 0.5) is 0 Å². The van der Waals surface area contributed by atoms with E-state index in [1.165, 1.54) is 11.8 Å². The zero-order valence-electron chi connectivity index (χ0n) is 20.0. The largest absolute Gasteiger partial charge is 0.339 e. The van der Waals surface area contributed by atoms with Gasteiger partial charge in [-0.25, -0.2) is 0 Å². The Kier molecular flexibility index (Phi) is 5.29. The molecule has 0 bridgehead atoms. The number of likely N-dealkylation sites (tertiary alicyclic amines) is 1. The summed E-state index contributed by atoms with van der Waals surface area (Å²) in [7, 11) is 0. The van der Waals surface area contributed by atoms with Crippen molar-refractivity contribution in [1.29, 1.82) is 0 Å². The molecule has 0 aliphatic carbocycles. The highest BCUT2D eigenvalue weighted by Gasteiger charge is 2.31. The lowest BCUT2D eigenvalue weighted by Gasteiger charge is -2.32. The number of H-pyrrole nitrogens is 1. The van der Waals surface area contributed by atoms with E-state index in [2.05, 4.69) is 38.2 Å². The zero-order chi connectivity index (χ0) is 24.3. The summed E-state index contributed by atoms with van der Waals surface area (Å²) in [4.78, 5) is 14.0. The number of carbonyl (C=O) groups is 1. The molecule has 0 saturated carbocycles. The van der Waals surface area contributed by atoms with E-state index in [1.54, 1.807) is 0 Å². The van der Waals surface area contributed by atoms with E-state index in [0.29, 0.717) is 13.1 Å². The number of carbonyl (C=O) groups excluding carboxylic acids is 1. The van der Waals surface area contributed by atoms with Gasteiger partial charge in [0.25, 0.3) is 0 Å². The van der Waals surface area contributed by atoms with Crippen LogP contribution in [-0.2, 0) is 17.8 Å². The summed E-state index contributed by atoms with van der Waals surface area (Å²) >= 11 is 7.00. The highest BCUT2D eigenvalue weighted by Crippen LogP contribution is 2.45. The van der Waals surface area contributed by atoms with Gasteiger partial charge in [-0.15, -0.1) is 0 Å². The van der Waals surface area contributed by atoms with Crippen molar-refractivity contribution in [3.63, 3.8) is 0 Å². The van der Waals surface area contributed by atoms with E-state index in [-0.39, 0.29) is 11.9 Å². The van der Waals surface area contributed by atoms with Crippen LogP contribution in [0.3, 0.4) is 0 Å². The first-order valence-electron chi connectivity index (χ1n) is 12.2. The standard InChI is InChI=1S/C26H28ClN7O/c1-4-22(35)32-10-7-17(8-11-32)34-16(3)23(24-18-13-28-30-20(18)12-15(2)25(24)27)26(31-34)19-14-29-33-9-5-6-21(19)33/h4,12-14,17H,1,5-11H2,2-3H3,(H,28,30). The lowest BCUT2D eigenvalue weighted by Crippen LogP contribution is -2.38. The number of nitrogens with one attached hydrogen (secondary N) is 1. The van der Waals surface area contributed by atoms with E-state index in [4.69, 9.17) is 16.7 Å². The van der Waals surface area contributed by atoms with Crippen molar-refractivity contribution in [2.24, 2.45) is 0 Å². The second-order valence-corrected chi connectivity index (χ2v) is 9.94. The van der Waals surface area contributed by atoms with E-state index in [9.17, 15) is 4.79 Å². The molecule has 1 N–H and O–H groups in total. The average Bonchev–Trinajstić information content (AvgIpc) is 3.64. The molecule has 180 valence electrons. The quantitative estimate of drug-likeness (QED) is 0.415. The molecule has 0 radical (unpaired) electrons. The van der Waals surface area contributed by atoms with E-state index >= 15 is 0 Å². The monoisotopic (exact) mass is 489 g/mol. The first-order valence-corrected chi connectivity index (χ1v) is 12.5. The Hall–Kier alpha value is -3.39. The number of rotatable bonds is 4. The molecule has 1 amide bonds. The Morgan fingerprint density at radius 1 is 1.20 bits per heavy atom. The molecule has 2 aliphatic heterocycles. The van der Waals surface area contributed by atoms with Crippen molar-refractivity contribution < 1.29 is 4.79 Å². The number of hydrogen-bond donors (Lipinski definition) is 1. The number of aromatic nitrogens is 6. The molecular weight excluding hydrogens is 462 g/mol. The number of halogens is 1. The Balaban J connectivity index is 1.53. The van der Waals surface area contributed by atoms with Gasteiger partial charge in [-0.2, -0.15) is 15.3 Å². The molecule has 1 fully saturated rings. The van der Waals surface area contributed by atoms with Gasteiger partial charge in [0, 0.05) is 53.1 Å². The molecule has 5 heterocycles. The van der Waals surface area contributed by atoms with Gasteiger partial charge in [0.05, 0.1) is 29.0 Å². The van der Waals surface area contributed by atoms with Crippen LogP contribution >= 0.6 is 11.6 Å². The minimum atomic E-state index is -0.00800. The molecular formula is C26H28ClN7O. The number of piperidine rings is 1. The van der Waals surface area contributed by atoms with Gasteiger partial charge in [0.2, 0.25) is 5.91 Å². The minimum absolute atomic E-state index is 0.00800. The molecule has 2 aliphatic rings. The van der Waals surface area contributed by atoms with Crippen molar-refractivity contribution in [3.05, 3.63) is 53.1 Å². The number of benzene rings is 1. The van der Waals surface area contributed by atoms with Gasteiger partial charge in [0.1, 0.15) is 5.69 Å². The molecule has 4 aromatic rings. The van der Waals surface area contributed by atoms with Gasteiger partial charge in [-0.3, -0.25) is 19.3 Å². The summed E-state index contributed by atoms with van der Waals surface area (Å²) in [6.07, 6.45) is 8.96. The van der Waals surface area contributed by atoms with Crippen LogP contribution in [0.2, 0.25) is 5.02 Å². The Bertz CT molecular complexity index is 1470. The Morgan fingerprint density at radius 2 is 2.00 bits per heavy atom.